The number of esters is 1. The molecular formula is C24H26ClNO2. The average molecular weight is 396 g/mol. The van der Waals surface area contributed by atoms with Gasteiger partial charge in [-0.25, -0.2) is 4.85 Å². The van der Waals surface area contributed by atoms with Gasteiger partial charge in [0.15, 0.2) is 0 Å². The first-order valence-corrected chi connectivity index (χ1v) is 10.1. The molecule has 2 aromatic rings. The smallest absolute Gasteiger partial charge is 0.336 e. The van der Waals surface area contributed by atoms with Gasteiger partial charge in [0, 0.05) is 10.6 Å². The molecule has 146 valence electrons. The minimum Gasteiger partial charge on any atom is -0.470 e. The van der Waals surface area contributed by atoms with Gasteiger partial charge in [-0.2, -0.15) is 0 Å². The molecule has 0 aliphatic rings. The number of halogens is 1. The molecule has 1 atom stereocenters. The lowest BCUT2D eigenvalue weighted by Crippen LogP contribution is -2.15. The van der Waals surface area contributed by atoms with Crippen LogP contribution in [0.25, 0.3) is 10.4 Å². The Morgan fingerprint density at radius 3 is 2.29 bits per heavy atom. The maximum atomic E-state index is 12.8. The molecule has 0 heterocycles. The van der Waals surface area contributed by atoms with Gasteiger partial charge in [-0.3, -0.25) is 4.79 Å². The van der Waals surface area contributed by atoms with Gasteiger partial charge in [0.2, 0.25) is 0 Å². The molecule has 1 unspecified atom stereocenters. The summed E-state index contributed by atoms with van der Waals surface area (Å²) in [5, 5.41) is 0.602. The third-order valence-electron chi connectivity index (χ3n) is 4.73. The van der Waals surface area contributed by atoms with E-state index < -0.39 is 5.97 Å². The highest BCUT2D eigenvalue weighted by Gasteiger charge is 2.21. The summed E-state index contributed by atoms with van der Waals surface area (Å²) in [6.07, 6.45) is 4.21. The van der Waals surface area contributed by atoms with Crippen LogP contribution >= 0.6 is 11.6 Å². The first-order chi connectivity index (χ1) is 13.6. The molecule has 2 aromatic carbocycles. The lowest BCUT2D eigenvalue weighted by Gasteiger charge is -2.16. The minimum atomic E-state index is -0.571. The Bertz CT molecular complexity index is 835. The van der Waals surface area contributed by atoms with Crippen molar-refractivity contribution in [2.24, 2.45) is 5.92 Å². The van der Waals surface area contributed by atoms with Crippen LogP contribution in [0.3, 0.4) is 0 Å². The molecule has 28 heavy (non-hydrogen) atoms. The van der Waals surface area contributed by atoms with Crippen LogP contribution in [0.2, 0.25) is 5.02 Å². The predicted molar refractivity (Wildman–Crippen MR) is 115 cm³/mol. The first kappa shape index (κ1) is 21.7. The summed E-state index contributed by atoms with van der Waals surface area (Å²) in [6, 6.07) is 16.6. The fourth-order valence-corrected chi connectivity index (χ4v) is 3.15. The van der Waals surface area contributed by atoms with E-state index in [1.807, 2.05) is 42.5 Å². The number of ether oxygens (including phenoxy) is 1. The van der Waals surface area contributed by atoms with E-state index in [0.717, 1.165) is 36.8 Å². The number of hydrogen-bond donors (Lipinski definition) is 0. The Hall–Kier alpha value is -2.57. The highest BCUT2D eigenvalue weighted by molar-refractivity contribution is 6.30. The van der Waals surface area contributed by atoms with Crippen LogP contribution in [0.5, 0.6) is 0 Å². The van der Waals surface area contributed by atoms with Gasteiger partial charge in [0.1, 0.15) is 0 Å². The predicted octanol–water partition coefficient (Wildman–Crippen LogP) is 6.78. The van der Waals surface area contributed by atoms with Gasteiger partial charge in [-0.05, 0) is 35.6 Å². The van der Waals surface area contributed by atoms with Crippen molar-refractivity contribution in [1.82, 2.24) is 0 Å². The summed E-state index contributed by atoms with van der Waals surface area (Å²) in [6.45, 7) is 12.2. The van der Waals surface area contributed by atoms with Crippen molar-refractivity contribution in [2.75, 3.05) is 6.61 Å². The van der Waals surface area contributed by atoms with Crippen LogP contribution in [0.15, 0.2) is 60.3 Å². The van der Waals surface area contributed by atoms with Crippen molar-refractivity contribution in [1.29, 1.82) is 0 Å². The number of carbonyl (C=O) groups excluding carboxylic acids is 1. The van der Waals surface area contributed by atoms with E-state index in [1.54, 1.807) is 12.1 Å². The molecule has 0 aromatic heterocycles. The third-order valence-corrected chi connectivity index (χ3v) is 4.98. The number of nitrogens with zero attached hydrogens (tertiary/aromatic N) is 1. The molecule has 0 saturated carbocycles. The Morgan fingerprint density at radius 1 is 1.07 bits per heavy atom. The standard InChI is InChI=1S/C24H26ClNO2/c1-4-6-10-18(5-2)17-28-24(27)23(26-3)22(19-11-8-7-9-12-19)20-13-15-21(25)16-14-20/h7-9,11-16,18H,4-6,10,17H2,1-2H3. The van der Waals surface area contributed by atoms with Crippen LogP contribution < -0.4 is 0 Å². The Morgan fingerprint density at radius 2 is 1.71 bits per heavy atom. The number of carbonyl (C=O) groups is 1. The maximum absolute atomic E-state index is 12.8. The quantitative estimate of drug-likeness (QED) is 0.266. The van der Waals surface area contributed by atoms with Gasteiger partial charge in [0.25, 0.3) is 5.70 Å². The Labute approximate surface area is 172 Å². The Kier molecular flexibility index (Phi) is 8.78. The lowest BCUT2D eigenvalue weighted by atomic mass is 9.96. The van der Waals surface area contributed by atoms with Crippen molar-refractivity contribution < 1.29 is 9.53 Å². The average Bonchev–Trinajstić information content (AvgIpc) is 2.73. The molecule has 0 aliphatic carbocycles. The maximum Gasteiger partial charge on any atom is 0.336 e. The molecular weight excluding hydrogens is 370 g/mol. The molecule has 0 saturated heterocycles. The normalized spacial score (nSPS) is 12.6. The van der Waals surface area contributed by atoms with Gasteiger partial charge in [0.05, 0.1) is 13.2 Å². The van der Waals surface area contributed by atoms with Crippen molar-refractivity contribution in [3.05, 3.63) is 87.9 Å². The summed E-state index contributed by atoms with van der Waals surface area (Å²) in [7, 11) is 0. The molecule has 0 spiro atoms. The van der Waals surface area contributed by atoms with Gasteiger partial charge < -0.3 is 4.74 Å². The number of unbranched alkanes of at least 4 members (excludes halogenated alkanes) is 1. The summed E-state index contributed by atoms with van der Waals surface area (Å²) in [5.74, 6) is -0.245. The van der Waals surface area contributed by atoms with Gasteiger partial charge >= 0.3 is 5.97 Å². The molecule has 0 bridgehead atoms. The molecule has 3 nitrogen and oxygen atoms in total. The molecule has 0 fully saturated rings. The number of benzene rings is 2. The number of rotatable bonds is 9. The number of hydrogen-bond acceptors (Lipinski definition) is 2. The van der Waals surface area contributed by atoms with E-state index in [4.69, 9.17) is 22.9 Å². The second-order valence-electron chi connectivity index (χ2n) is 6.72. The van der Waals surface area contributed by atoms with Gasteiger partial charge in [-0.1, -0.05) is 87.2 Å². The SMILES string of the molecule is [C-]#[N+]C(C(=O)OCC(CC)CCCC)=C(c1ccccc1)c1ccc(Cl)cc1. The van der Waals surface area contributed by atoms with E-state index in [-0.39, 0.29) is 5.70 Å². The minimum absolute atomic E-state index is 0.00105. The first-order valence-electron chi connectivity index (χ1n) is 9.70. The van der Waals surface area contributed by atoms with Crippen molar-refractivity contribution in [2.45, 2.75) is 39.5 Å². The monoisotopic (exact) mass is 395 g/mol. The fourth-order valence-electron chi connectivity index (χ4n) is 3.03. The van der Waals surface area contributed by atoms with Gasteiger partial charge in [-0.15, -0.1) is 0 Å². The van der Waals surface area contributed by atoms with E-state index in [1.165, 1.54) is 0 Å². The molecule has 2 rings (SSSR count). The highest BCUT2D eigenvalue weighted by atomic mass is 35.5. The zero-order valence-corrected chi connectivity index (χ0v) is 17.2. The topological polar surface area (TPSA) is 30.7 Å². The second kappa shape index (κ2) is 11.3. The molecule has 0 aliphatic heterocycles. The van der Waals surface area contributed by atoms with Crippen LogP contribution in [-0.4, -0.2) is 12.6 Å². The Balaban J connectivity index is 2.37. The third kappa shape index (κ3) is 5.97. The fraction of sp³-hybridized carbons (Fsp3) is 0.333. The van der Waals surface area contributed by atoms with E-state index in [9.17, 15) is 4.79 Å². The summed E-state index contributed by atoms with van der Waals surface area (Å²) in [4.78, 5) is 16.4. The van der Waals surface area contributed by atoms with E-state index in [0.29, 0.717) is 23.1 Å². The molecule has 4 heteroatoms. The van der Waals surface area contributed by atoms with Crippen LogP contribution in [-0.2, 0) is 9.53 Å². The van der Waals surface area contributed by atoms with Crippen molar-refractivity contribution >= 4 is 23.1 Å². The zero-order chi connectivity index (χ0) is 20.4. The van der Waals surface area contributed by atoms with Crippen LogP contribution in [0.4, 0.5) is 0 Å². The van der Waals surface area contributed by atoms with E-state index >= 15 is 0 Å². The lowest BCUT2D eigenvalue weighted by molar-refractivity contribution is -0.140. The van der Waals surface area contributed by atoms with Crippen LogP contribution in [0, 0.1) is 12.5 Å². The largest absolute Gasteiger partial charge is 0.470 e. The van der Waals surface area contributed by atoms with Crippen molar-refractivity contribution in [3.8, 4) is 0 Å². The summed E-state index contributed by atoms with van der Waals surface area (Å²) in [5.41, 5.74) is 2.13. The van der Waals surface area contributed by atoms with Crippen LogP contribution in [0.1, 0.15) is 50.7 Å². The summed E-state index contributed by atoms with van der Waals surface area (Å²) >= 11 is 6.01. The van der Waals surface area contributed by atoms with E-state index in [2.05, 4.69) is 18.7 Å². The van der Waals surface area contributed by atoms with Crippen molar-refractivity contribution in [3.63, 3.8) is 0 Å². The molecule has 0 amide bonds. The highest BCUT2D eigenvalue weighted by Crippen LogP contribution is 2.29. The summed E-state index contributed by atoms with van der Waals surface area (Å²) < 4.78 is 5.56. The second-order valence-corrected chi connectivity index (χ2v) is 7.16. The zero-order valence-electron chi connectivity index (χ0n) is 16.5. The molecule has 0 N–H and O–H groups in total. The molecule has 0 radical (unpaired) electrons.